The summed E-state index contributed by atoms with van der Waals surface area (Å²) >= 11 is 0. The van der Waals surface area contributed by atoms with E-state index in [1.54, 1.807) is 28.9 Å². The third-order valence-corrected chi connectivity index (χ3v) is 5.61. The molecule has 1 fully saturated rings. The van der Waals surface area contributed by atoms with Gasteiger partial charge in [0.1, 0.15) is 5.52 Å². The number of primary amides is 1. The van der Waals surface area contributed by atoms with Crippen molar-refractivity contribution in [3.63, 3.8) is 0 Å². The second-order valence-electron chi connectivity index (χ2n) is 7.80. The summed E-state index contributed by atoms with van der Waals surface area (Å²) in [7, 11) is 1.46. The van der Waals surface area contributed by atoms with Crippen molar-refractivity contribution in [2.75, 3.05) is 7.11 Å². The third kappa shape index (κ3) is 4.46. The van der Waals surface area contributed by atoms with Crippen molar-refractivity contribution < 1.29 is 18.7 Å². The lowest BCUT2D eigenvalue weighted by Gasteiger charge is -2.22. The molecule has 0 aliphatic heterocycles. The van der Waals surface area contributed by atoms with Crippen LogP contribution < -0.4 is 10.5 Å². The SMILES string of the molecule is COc1cc(C[C@H](Cn2cc3cccc(C(N)=O)c3n2)OC2CCCC2)ccc1F. The van der Waals surface area contributed by atoms with E-state index >= 15 is 0 Å². The summed E-state index contributed by atoms with van der Waals surface area (Å²) in [6.07, 6.45) is 7.04. The van der Waals surface area contributed by atoms with Crippen molar-refractivity contribution in [1.82, 2.24) is 9.78 Å². The number of nitrogens with two attached hydrogens (primary N) is 1. The second kappa shape index (κ2) is 8.83. The van der Waals surface area contributed by atoms with Crippen LogP contribution in [0.15, 0.2) is 42.6 Å². The molecular weight excluding hydrogens is 385 g/mol. The van der Waals surface area contributed by atoms with E-state index in [0.29, 0.717) is 24.0 Å². The number of carbonyl (C=O) groups is 1. The molecule has 3 aromatic rings. The quantitative estimate of drug-likeness (QED) is 0.611. The van der Waals surface area contributed by atoms with Gasteiger partial charge in [0, 0.05) is 18.0 Å². The summed E-state index contributed by atoms with van der Waals surface area (Å²) in [4.78, 5) is 11.7. The van der Waals surface area contributed by atoms with E-state index in [0.717, 1.165) is 23.8 Å². The van der Waals surface area contributed by atoms with Gasteiger partial charge in [-0.2, -0.15) is 5.10 Å². The molecule has 158 valence electrons. The Morgan fingerprint density at radius 1 is 1.30 bits per heavy atom. The van der Waals surface area contributed by atoms with Crippen LogP contribution in [0.2, 0.25) is 0 Å². The minimum absolute atomic E-state index is 0.144. The van der Waals surface area contributed by atoms with Crippen LogP contribution >= 0.6 is 0 Å². The van der Waals surface area contributed by atoms with Crippen LogP contribution in [-0.2, 0) is 17.7 Å². The highest BCUT2D eigenvalue weighted by atomic mass is 19.1. The fourth-order valence-electron chi connectivity index (χ4n) is 4.14. The van der Waals surface area contributed by atoms with Crippen molar-refractivity contribution >= 4 is 16.8 Å². The number of benzene rings is 2. The molecule has 0 saturated heterocycles. The molecule has 1 aliphatic carbocycles. The number of rotatable bonds is 8. The predicted molar refractivity (Wildman–Crippen MR) is 112 cm³/mol. The number of hydrogen-bond acceptors (Lipinski definition) is 4. The fourth-order valence-corrected chi connectivity index (χ4v) is 4.14. The van der Waals surface area contributed by atoms with Crippen LogP contribution in [0, 0.1) is 5.82 Å². The standard InChI is InChI=1S/C23H26FN3O3/c1-29-21-12-15(9-10-20(21)24)11-18(30-17-6-2-3-7-17)14-27-13-16-5-4-8-19(23(25)28)22(16)26-27/h4-5,8-10,12-13,17-18H,2-3,6-7,11,14H2,1H3,(H2,25,28)/t18-/m1/s1. The lowest BCUT2D eigenvalue weighted by molar-refractivity contribution is -0.0176. The number of fused-ring (bicyclic) bond motifs is 1. The van der Waals surface area contributed by atoms with E-state index < -0.39 is 5.91 Å². The molecular formula is C23H26FN3O3. The highest BCUT2D eigenvalue weighted by Gasteiger charge is 2.22. The van der Waals surface area contributed by atoms with E-state index in [9.17, 15) is 9.18 Å². The van der Waals surface area contributed by atoms with Gasteiger partial charge < -0.3 is 15.2 Å². The first kappa shape index (κ1) is 20.3. The highest BCUT2D eigenvalue weighted by Crippen LogP contribution is 2.26. The van der Waals surface area contributed by atoms with Crippen LogP contribution in [0.5, 0.6) is 5.75 Å². The van der Waals surface area contributed by atoms with Crippen LogP contribution in [0.1, 0.15) is 41.6 Å². The number of nitrogens with zero attached hydrogens (tertiary/aromatic N) is 2. The molecule has 1 heterocycles. The normalized spacial score (nSPS) is 15.5. The number of halogens is 1. The maximum absolute atomic E-state index is 13.8. The third-order valence-electron chi connectivity index (χ3n) is 5.61. The Morgan fingerprint density at radius 2 is 2.10 bits per heavy atom. The number of aromatic nitrogens is 2. The zero-order valence-corrected chi connectivity index (χ0v) is 17.0. The molecule has 6 nitrogen and oxygen atoms in total. The van der Waals surface area contributed by atoms with Gasteiger partial charge in [0.25, 0.3) is 5.91 Å². The van der Waals surface area contributed by atoms with Gasteiger partial charge in [-0.1, -0.05) is 31.0 Å². The van der Waals surface area contributed by atoms with Crippen LogP contribution in [-0.4, -0.2) is 35.0 Å². The Labute approximate surface area is 174 Å². The molecule has 30 heavy (non-hydrogen) atoms. The molecule has 0 radical (unpaired) electrons. The molecule has 4 rings (SSSR count). The molecule has 2 aromatic carbocycles. The smallest absolute Gasteiger partial charge is 0.250 e. The summed E-state index contributed by atoms with van der Waals surface area (Å²) in [5.41, 5.74) is 7.42. The maximum atomic E-state index is 13.8. The lowest BCUT2D eigenvalue weighted by Crippen LogP contribution is -2.27. The minimum atomic E-state index is -0.497. The fraction of sp³-hybridized carbons (Fsp3) is 0.391. The molecule has 1 atom stereocenters. The second-order valence-corrected chi connectivity index (χ2v) is 7.80. The van der Waals surface area contributed by atoms with Gasteiger partial charge in [-0.3, -0.25) is 9.48 Å². The van der Waals surface area contributed by atoms with Gasteiger partial charge in [0.05, 0.1) is 31.4 Å². The molecule has 0 bridgehead atoms. The van der Waals surface area contributed by atoms with Crippen LogP contribution in [0.25, 0.3) is 10.9 Å². The Hall–Kier alpha value is -2.93. The van der Waals surface area contributed by atoms with Crippen LogP contribution in [0.4, 0.5) is 4.39 Å². The largest absolute Gasteiger partial charge is 0.494 e. The molecule has 0 unspecified atom stereocenters. The number of hydrogen-bond donors (Lipinski definition) is 1. The van der Waals surface area contributed by atoms with Gasteiger partial charge in [0.2, 0.25) is 0 Å². The Kier molecular flexibility index (Phi) is 5.99. The monoisotopic (exact) mass is 411 g/mol. The zero-order valence-electron chi connectivity index (χ0n) is 17.0. The summed E-state index contributed by atoms with van der Waals surface area (Å²) in [5.74, 6) is -0.655. The molecule has 1 aliphatic rings. The molecule has 2 N–H and O–H groups in total. The number of amides is 1. The molecule has 0 spiro atoms. The Bertz CT molecular complexity index is 1040. The first-order valence-electron chi connectivity index (χ1n) is 10.3. The lowest BCUT2D eigenvalue weighted by atomic mass is 10.1. The van der Waals surface area contributed by atoms with Crippen molar-refractivity contribution in [2.45, 2.75) is 50.9 Å². The zero-order chi connectivity index (χ0) is 21.1. The summed E-state index contributed by atoms with van der Waals surface area (Å²) in [5, 5.41) is 5.44. The van der Waals surface area contributed by atoms with E-state index in [4.69, 9.17) is 15.2 Å². The summed E-state index contributed by atoms with van der Waals surface area (Å²) < 4.78 is 27.1. The Morgan fingerprint density at radius 3 is 2.83 bits per heavy atom. The van der Waals surface area contributed by atoms with Gasteiger partial charge in [-0.15, -0.1) is 0 Å². The first-order valence-corrected chi connectivity index (χ1v) is 10.3. The van der Waals surface area contributed by atoms with Crippen molar-refractivity contribution in [2.24, 2.45) is 5.73 Å². The summed E-state index contributed by atoms with van der Waals surface area (Å²) in [6, 6.07) is 10.3. The average molecular weight is 411 g/mol. The highest BCUT2D eigenvalue weighted by molar-refractivity contribution is 6.04. The molecule has 1 amide bonds. The number of ether oxygens (including phenoxy) is 2. The van der Waals surface area contributed by atoms with E-state index in [-0.39, 0.29) is 23.8 Å². The number of methoxy groups -OCH3 is 1. The minimum Gasteiger partial charge on any atom is -0.494 e. The van der Waals surface area contributed by atoms with Gasteiger partial charge in [-0.05, 0) is 36.6 Å². The summed E-state index contributed by atoms with van der Waals surface area (Å²) in [6.45, 7) is 0.517. The van der Waals surface area contributed by atoms with Crippen molar-refractivity contribution in [3.05, 3.63) is 59.5 Å². The molecule has 1 saturated carbocycles. The van der Waals surface area contributed by atoms with Gasteiger partial charge >= 0.3 is 0 Å². The average Bonchev–Trinajstić information content (AvgIpc) is 3.38. The molecule has 1 aromatic heterocycles. The predicted octanol–water partition coefficient (Wildman–Crippen LogP) is 3.85. The van der Waals surface area contributed by atoms with Crippen molar-refractivity contribution in [1.29, 1.82) is 0 Å². The van der Waals surface area contributed by atoms with Crippen LogP contribution in [0.3, 0.4) is 0 Å². The van der Waals surface area contributed by atoms with E-state index in [1.807, 2.05) is 12.3 Å². The van der Waals surface area contributed by atoms with E-state index in [1.165, 1.54) is 26.0 Å². The topological polar surface area (TPSA) is 79.4 Å². The maximum Gasteiger partial charge on any atom is 0.250 e. The Balaban J connectivity index is 1.59. The molecule has 7 heteroatoms. The van der Waals surface area contributed by atoms with Gasteiger partial charge in [-0.25, -0.2) is 4.39 Å². The number of carbonyl (C=O) groups excluding carboxylic acids is 1. The first-order chi connectivity index (χ1) is 14.5. The van der Waals surface area contributed by atoms with Crippen molar-refractivity contribution in [3.8, 4) is 5.75 Å². The van der Waals surface area contributed by atoms with E-state index in [2.05, 4.69) is 5.10 Å². The van der Waals surface area contributed by atoms with Gasteiger partial charge in [0.15, 0.2) is 11.6 Å².